The molecule has 0 aliphatic carbocycles. The topological polar surface area (TPSA) is 47.9 Å². The predicted octanol–water partition coefficient (Wildman–Crippen LogP) is 5.08. The van der Waals surface area contributed by atoms with E-state index in [0.717, 1.165) is 18.4 Å². The highest BCUT2D eigenvalue weighted by molar-refractivity contribution is 6.74. The Hall–Kier alpha value is -0.983. The van der Waals surface area contributed by atoms with E-state index in [1.165, 1.54) is 5.56 Å². The lowest BCUT2D eigenvalue weighted by Gasteiger charge is -2.39. The van der Waals surface area contributed by atoms with E-state index in [0.29, 0.717) is 19.8 Å². The van der Waals surface area contributed by atoms with Gasteiger partial charge in [-0.3, -0.25) is 0 Å². The average molecular weight is 407 g/mol. The summed E-state index contributed by atoms with van der Waals surface area (Å²) in [5.74, 6) is 0. The van der Waals surface area contributed by atoms with Crippen LogP contribution in [0.4, 0.5) is 0 Å². The predicted molar refractivity (Wildman–Crippen MR) is 117 cm³/mol. The lowest BCUT2D eigenvalue weighted by atomic mass is 9.99. The summed E-state index contributed by atoms with van der Waals surface area (Å²) in [6.45, 7) is 14.9. The molecule has 0 unspecified atom stereocenters. The molecule has 0 bridgehead atoms. The van der Waals surface area contributed by atoms with Crippen molar-refractivity contribution >= 4 is 8.32 Å². The Balaban J connectivity index is 1.77. The third kappa shape index (κ3) is 6.81. The van der Waals surface area contributed by atoms with Gasteiger partial charge in [-0.05, 0) is 49.0 Å². The van der Waals surface area contributed by atoms with Crippen LogP contribution in [0.2, 0.25) is 18.1 Å². The minimum absolute atomic E-state index is 0.0248. The summed E-state index contributed by atoms with van der Waals surface area (Å²) in [4.78, 5) is 0. The Morgan fingerprint density at radius 1 is 1.14 bits per heavy atom. The van der Waals surface area contributed by atoms with Gasteiger partial charge in [0, 0.05) is 6.61 Å². The van der Waals surface area contributed by atoms with Gasteiger partial charge in [-0.1, -0.05) is 57.2 Å². The molecule has 0 amide bonds. The van der Waals surface area contributed by atoms with Crippen molar-refractivity contribution in [2.24, 2.45) is 0 Å². The fraction of sp³-hybridized carbons (Fsp3) is 0.652. The van der Waals surface area contributed by atoms with Crippen LogP contribution in [-0.4, -0.2) is 44.9 Å². The summed E-state index contributed by atoms with van der Waals surface area (Å²) >= 11 is 0. The molecule has 0 saturated carbocycles. The standard InChI is InChI=1S/C23H38O4Si/c1-18-15-20(24)22(17-26-28(5,6)23(2,3)4)27-21(18)13-10-14-25-16-19-11-8-7-9-12-19/h7-9,11-12,15,20-22,24H,10,13-14,16-17H2,1-6H3/t20-,21-,22+/m0/s1. The minimum Gasteiger partial charge on any atom is -0.414 e. The van der Waals surface area contributed by atoms with E-state index in [2.05, 4.69) is 46.0 Å². The molecular formula is C23H38O4Si. The molecule has 1 aromatic carbocycles. The minimum atomic E-state index is -1.86. The highest BCUT2D eigenvalue weighted by Gasteiger charge is 2.39. The summed E-state index contributed by atoms with van der Waals surface area (Å²) in [6, 6.07) is 10.2. The van der Waals surface area contributed by atoms with E-state index < -0.39 is 14.4 Å². The molecule has 0 saturated heterocycles. The zero-order valence-electron chi connectivity index (χ0n) is 18.4. The molecule has 0 spiro atoms. The Morgan fingerprint density at radius 3 is 2.46 bits per heavy atom. The van der Waals surface area contributed by atoms with Crippen LogP contribution in [0.25, 0.3) is 0 Å². The van der Waals surface area contributed by atoms with Crippen molar-refractivity contribution in [3.8, 4) is 0 Å². The Bertz CT molecular complexity index is 621. The van der Waals surface area contributed by atoms with E-state index in [4.69, 9.17) is 13.9 Å². The van der Waals surface area contributed by atoms with Gasteiger partial charge in [-0.25, -0.2) is 0 Å². The first-order valence-electron chi connectivity index (χ1n) is 10.4. The SMILES string of the molecule is CC1=C[C@H](O)[C@@H](CO[Si](C)(C)C(C)(C)C)O[C@H]1CCCOCc1ccccc1. The number of benzene rings is 1. The zero-order valence-corrected chi connectivity index (χ0v) is 19.4. The summed E-state index contributed by atoms with van der Waals surface area (Å²) in [7, 11) is -1.86. The Morgan fingerprint density at radius 2 is 1.82 bits per heavy atom. The first kappa shape index (κ1) is 23.3. The van der Waals surface area contributed by atoms with Gasteiger partial charge in [0.2, 0.25) is 0 Å². The number of ether oxygens (including phenoxy) is 2. The number of aliphatic hydroxyl groups is 1. The molecule has 3 atom stereocenters. The molecule has 0 radical (unpaired) electrons. The second kappa shape index (κ2) is 10.2. The van der Waals surface area contributed by atoms with Crippen molar-refractivity contribution in [2.45, 2.75) is 83.6 Å². The molecular weight excluding hydrogens is 368 g/mol. The third-order valence-corrected chi connectivity index (χ3v) is 10.4. The molecule has 4 nitrogen and oxygen atoms in total. The summed E-state index contributed by atoms with van der Waals surface area (Å²) < 4.78 is 18.3. The summed E-state index contributed by atoms with van der Waals surface area (Å²) in [5.41, 5.74) is 2.29. The van der Waals surface area contributed by atoms with Crippen molar-refractivity contribution in [3.05, 3.63) is 47.5 Å². The molecule has 158 valence electrons. The van der Waals surface area contributed by atoms with Gasteiger partial charge in [0.25, 0.3) is 0 Å². The van der Waals surface area contributed by atoms with Crippen LogP contribution in [-0.2, 0) is 20.5 Å². The van der Waals surface area contributed by atoms with Gasteiger partial charge in [-0.2, -0.15) is 0 Å². The summed E-state index contributed by atoms with van der Waals surface area (Å²) in [6.07, 6.45) is 2.87. The molecule has 1 aliphatic rings. The average Bonchev–Trinajstić information content (AvgIpc) is 2.62. The molecule has 1 heterocycles. The number of rotatable bonds is 9. The van der Waals surface area contributed by atoms with Crippen LogP contribution < -0.4 is 0 Å². The van der Waals surface area contributed by atoms with Crippen LogP contribution in [0.3, 0.4) is 0 Å². The zero-order chi connectivity index (χ0) is 20.8. The van der Waals surface area contributed by atoms with Gasteiger partial charge < -0.3 is 19.0 Å². The highest BCUT2D eigenvalue weighted by atomic mass is 28.4. The van der Waals surface area contributed by atoms with Crippen molar-refractivity contribution < 1.29 is 19.0 Å². The lowest BCUT2D eigenvalue weighted by Crippen LogP contribution is -2.47. The second-order valence-corrected chi connectivity index (χ2v) is 14.1. The van der Waals surface area contributed by atoms with E-state index in [1.807, 2.05) is 31.2 Å². The van der Waals surface area contributed by atoms with Gasteiger partial charge in [-0.15, -0.1) is 0 Å². The fourth-order valence-electron chi connectivity index (χ4n) is 2.96. The fourth-order valence-corrected chi connectivity index (χ4v) is 3.97. The van der Waals surface area contributed by atoms with Gasteiger partial charge in [0.1, 0.15) is 12.2 Å². The Kier molecular flexibility index (Phi) is 8.46. The monoisotopic (exact) mass is 406 g/mol. The van der Waals surface area contributed by atoms with Gasteiger partial charge >= 0.3 is 0 Å². The largest absolute Gasteiger partial charge is 0.414 e. The second-order valence-electron chi connectivity index (χ2n) is 9.32. The van der Waals surface area contributed by atoms with E-state index in [-0.39, 0.29) is 17.2 Å². The Labute approximate surface area is 172 Å². The third-order valence-electron chi connectivity index (χ3n) is 5.94. The summed E-state index contributed by atoms with van der Waals surface area (Å²) in [5, 5.41) is 10.5. The molecule has 1 aromatic rings. The highest BCUT2D eigenvalue weighted by Crippen LogP contribution is 2.37. The van der Waals surface area contributed by atoms with Crippen LogP contribution in [0.5, 0.6) is 0 Å². The molecule has 5 heteroatoms. The van der Waals surface area contributed by atoms with Gasteiger partial charge in [0.15, 0.2) is 8.32 Å². The van der Waals surface area contributed by atoms with Crippen molar-refractivity contribution in [1.82, 2.24) is 0 Å². The van der Waals surface area contributed by atoms with E-state index in [9.17, 15) is 5.11 Å². The maximum Gasteiger partial charge on any atom is 0.192 e. The molecule has 1 aliphatic heterocycles. The first-order chi connectivity index (χ1) is 13.1. The number of aliphatic hydroxyl groups excluding tert-OH is 1. The van der Waals surface area contributed by atoms with Gasteiger partial charge in [0.05, 0.1) is 19.3 Å². The molecule has 2 rings (SSSR count). The normalized spacial score (nSPS) is 23.5. The molecule has 0 aromatic heterocycles. The molecule has 0 fully saturated rings. The molecule has 1 N–H and O–H groups in total. The van der Waals surface area contributed by atoms with Crippen LogP contribution in [0.1, 0.15) is 46.1 Å². The van der Waals surface area contributed by atoms with E-state index >= 15 is 0 Å². The maximum absolute atomic E-state index is 10.4. The smallest absolute Gasteiger partial charge is 0.192 e. The van der Waals surface area contributed by atoms with Crippen molar-refractivity contribution in [3.63, 3.8) is 0 Å². The lowest BCUT2D eigenvalue weighted by molar-refractivity contribution is -0.0850. The maximum atomic E-state index is 10.4. The quantitative estimate of drug-likeness (QED) is 0.353. The molecule has 28 heavy (non-hydrogen) atoms. The van der Waals surface area contributed by atoms with Crippen LogP contribution in [0, 0.1) is 0 Å². The first-order valence-corrected chi connectivity index (χ1v) is 13.3. The van der Waals surface area contributed by atoms with Crippen molar-refractivity contribution in [1.29, 1.82) is 0 Å². The number of hydrogen-bond acceptors (Lipinski definition) is 4. The van der Waals surface area contributed by atoms with E-state index in [1.54, 1.807) is 0 Å². The van der Waals surface area contributed by atoms with Crippen LogP contribution in [0.15, 0.2) is 42.0 Å². The van der Waals surface area contributed by atoms with Crippen LogP contribution >= 0.6 is 0 Å². The van der Waals surface area contributed by atoms with Crippen molar-refractivity contribution in [2.75, 3.05) is 13.2 Å². The number of hydrogen-bond donors (Lipinski definition) is 1.